The molecule has 0 atom stereocenters. The maximum absolute atomic E-state index is 11.8. The minimum atomic E-state index is 0. The average Bonchev–Trinajstić information content (AvgIpc) is 3.31. The van der Waals surface area contributed by atoms with Gasteiger partial charge in [-0.3, -0.25) is 9.48 Å². The molecule has 29 heavy (non-hydrogen) atoms. The van der Waals surface area contributed by atoms with E-state index in [0.717, 1.165) is 56.1 Å². The molecular formula is C21H31IN6O. The van der Waals surface area contributed by atoms with Crippen molar-refractivity contribution >= 4 is 41.5 Å². The molecule has 0 saturated carbocycles. The first-order chi connectivity index (χ1) is 13.7. The number of guanidine groups is 1. The van der Waals surface area contributed by atoms with E-state index in [2.05, 4.69) is 46.0 Å². The number of carbonyl (C=O) groups is 1. The molecule has 2 heterocycles. The Morgan fingerprint density at radius 2 is 2.00 bits per heavy atom. The zero-order chi connectivity index (χ0) is 19.8. The summed E-state index contributed by atoms with van der Waals surface area (Å²) in [6.07, 6.45) is 7.59. The molecule has 3 rings (SSSR count). The van der Waals surface area contributed by atoms with Gasteiger partial charge in [0.25, 0.3) is 0 Å². The van der Waals surface area contributed by atoms with Gasteiger partial charge in [0.1, 0.15) is 0 Å². The lowest BCUT2D eigenvalue weighted by Gasteiger charge is -2.16. The zero-order valence-corrected chi connectivity index (χ0v) is 19.6. The second-order valence-electron chi connectivity index (χ2n) is 7.06. The molecular weight excluding hydrogens is 479 g/mol. The Labute approximate surface area is 190 Å². The fourth-order valence-corrected chi connectivity index (χ4v) is 3.31. The van der Waals surface area contributed by atoms with Gasteiger partial charge in [-0.15, -0.1) is 24.0 Å². The van der Waals surface area contributed by atoms with E-state index in [4.69, 9.17) is 0 Å². The molecule has 1 saturated heterocycles. The molecule has 158 valence electrons. The van der Waals surface area contributed by atoms with Gasteiger partial charge in [0, 0.05) is 45.0 Å². The zero-order valence-electron chi connectivity index (χ0n) is 17.2. The van der Waals surface area contributed by atoms with E-state index in [9.17, 15) is 4.79 Å². The maximum atomic E-state index is 11.8. The number of hydrogen-bond acceptors (Lipinski definition) is 3. The lowest BCUT2D eigenvalue weighted by Crippen LogP contribution is -2.37. The number of aliphatic imine (C=N–C) groups is 1. The summed E-state index contributed by atoms with van der Waals surface area (Å²) in [5.41, 5.74) is 3.36. The van der Waals surface area contributed by atoms with Crippen LogP contribution in [0.4, 0.5) is 5.69 Å². The predicted molar refractivity (Wildman–Crippen MR) is 128 cm³/mol. The van der Waals surface area contributed by atoms with Crippen molar-refractivity contribution in [3.05, 3.63) is 47.8 Å². The van der Waals surface area contributed by atoms with Crippen molar-refractivity contribution < 1.29 is 4.79 Å². The Morgan fingerprint density at radius 1 is 1.21 bits per heavy atom. The first kappa shape index (κ1) is 23.2. The van der Waals surface area contributed by atoms with Crippen LogP contribution in [0.1, 0.15) is 37.3 Å². The maximum Gasteiger partial charge on any atom is 0.227 e. The molecule has 0 bridgehead atoms. The van der Waals surface area contributed by atoms with Crippen LogP contribution in [0.3, 0.4) is 0 Å². The molecule has 0 aliphatic carbocycles. The number of nitrogens with one attached hydrogen (secondary N) is 2. The average molecular weight is 510 g/mol. The van der Waals surface area contributed by atoms with Gasteiger partial charge in [-0.05, 0) is 49.4 Å². The molecule has 1 amide bonds. The lowest BCUT2D eigenvalue weighted by atomic mass is 10.2. The Balaban J connectivity index is 0.00000300. The lowest BCUT2D eigenvalue weighted by molar-refractivity contribution is -0.117. The van der Waals surface area contributed by atoms with Gasteiger partial charge in [0.2, 0.25) is 5.91 Å². The van der Waals surface area contributed by atoms with Gasteiger partial charge >= 0.3 is 0 Å². The number of carbonyl (C=O) groups excluding carboxylic acids is 1. The van der Waals surface area contributed by atoms with Crippen molar-refractivity contribution in [2.75, 3.05) is 24.5 Å². The highest BCUT2D eigenvalue weighted by atomic mass is 127. The van der Waals surface area contributed by atoms with Gasteiger partial charge in [-0.1, -0.05) is 12.1 Å². The quantitative estimate of drug-likeness (QED) is 0.248. The van der Waals surface area contributed by atoms with Gasteiger partial charge in [0.05, 0.1) is 12.7 Å². The number of hydrogen-bond donors (Lipinski definition) is 2. The second-order valence-corrected chi connectivity index (χ2v) is 7.06. The molecule has 1 fully saturated rings. The molecule has 2 aromatic rings. The van der Waals surface area contributed by atoms with Crippen LogP contribution in [0.5, 0.6) is 0 Å². The normalized spacial score (nSPS) is 14.1. The van der Waals surface area contributed by atoms with E-state index >= 15 is 0 Å². The van der Waals surface area contributed by atoms with E-state index in [1.807, 2.05) is 35.0 Å². The summed E-state index contributed by atoms with van der Waals surface area (Å²) in [5, 5.41) is 10.9. The molecule has 0 radical (unpaired) electrons. The number of halogens is 1. The molecule has 1 aliphatic rings. The minimum Gasteiger partial charge on any atom is -0.357 e. The third kappa shape index (κ3) is 7.02. The van der Waals surface area contributed by atoms with Gasteiger partial charge < -0.3 is 15.5 Å². The molecule has 1 aliphatic heterocycles. The first-order valence-electron chi connectivity index (χ1n) is 10.0. The van der Waals surface area contributed by atoms with Crippen LogP contribution in [-0.2, 0) is 24.8 Å². The van der Waals surface area contributed by atoms with Crippen molar-refractivity contribution in [1.29, 1.82) is 0 Å². The molecule has 1 aromatic carbocycles. The van der Waals surface area contributed by atoms with Gasteiger partial charge in [-0.2, -0.15) is 5.10 Å². The van der Waals surface area contributed by atoms with Crippen molar-refractivity contribution in [2.45, 2.75) is 39.2 Å². The van der Waals surface area contributed by atoms with Crippen LogP contribution in [0, 0.1) is 0 Å². The fraction of sp³-hybridized carbons (Fsp3) is 0.476. The summed E-state index contributed by atoms with van der Waals surface area (Å²) in [6, 6.07) is 8.14. The summed E-state index contributed by atoms with van der Waals surface area (Å²) in [7, 11) is 1.94. The van der Waals surface area contributed by atoms with E-state index in [1.165, 1.54) is 5.56 Å². The predicted octanol–water partition coefficient (Wildman–Crippen LogP) is 2.85. The molecule has 8 heteroatoms. The number of aryl methyl sites for hydroxylation is 2. The largest absolute Gasteiger partial charge is 0.357 e. The Bertz CT molecular complexity index is 802. The number of rotatable bonds is 8. The van der Waals surface area contributed by atoms with Crippen LogP contribution in [-0.4, -0.2) is 41.3 Å². The van der Waals surface area contributed by atoms with E-state index in [1.54, 1.807) is 0 Å². The number of anilines is 1. The van der Waals surface area contributed by atoms with Crippen molar-refractivity contribution in [3.63, 3.8) is 0 Å². The summed E-state index contributed by atoms with van der Waals surface area (Å²) in [4.78, 5) is 18.4. The Hall–Kier alpha value is -2.10. The molecule has 0 unspecified atom stereocenters. The van der Waals surface area contributed by atoms with E-state index in [-0.39, 0.29) is 29.9 Å². The summed E-state index contributed by atoms with van der Waals surface area (Å²) >= 11 is 0. The summed E-state index contributed by atoms with van der Waals surface area (Å²) in [6.45, 7) is 5.17. The number of aromatic nitrogens is 2. The SMILES string of the molecule is CCNC(=NCc1ccc(N2CCCC2=O)cc1)NCCCc1cnn(C)c1.I. The minimum absolute atomic E-state index is 0. The molecule has 0 spiro atoms. The summed E-state index contributed by atoms with van der Waals surface area (Å²) in [5.74, 6) is 1.04. The topological polar surface area (TPSA) is 74.6 Å². The highest BCUT2D eigenvalue weighted by molar-refractivity contribution is 14.0. The molecule has 1 aromatic heterocycles. The van der Waals surface area contributed by atoms with Crippen LogP contribution in [0.25, 0.3) is 0 Å². The Kier molecular flexibility index (Phi) is 9.43. The van der Waals surface area contributed by atoms with Crippen LogP contribution in [0.15, 0.2) is 41.7 Å². The summed E-state index contributed by atoms with van der Waals surface area (Å²) < 4.78 is 1.83. The smallest absolute Gasteiger partial charge is 0.227 e. The van der Waals surface area contributed by atoms with Crippen LogP contribution < -0.4 is 15.5 Å². The standard InChI is InChI=1S/C21H30N6O.HI/c1-3-22-21(23-12-4-6-18-15-25-26(2)16-18)24-14-17-8-10-19(11-9-17)27-13-5-7-20(27)28;/h8-11,15-16H,3-7,12-14H2,1-2H3,(H2,22,23,24);1H. The van der Waals surface area contributed by atoms with Crippen LogP contribution in [0.2, 0.25) is 0 Å². The number of amides is 1. The van der Waals surface area contributed by atoms with Crippen LogP contribution >= 0.6 is 24.0 Å². The monoisotopic (exact) mass is 510 g/mol. The van der Waals surface area contributed by atoms with E-state index in [0.29, 0.717) is 13.0 Å². The van der Waals surface area contributed by atoms with E-state index < -0.39 is 0 Å². The van der Waals surface area contributed by atoms with Gasteiger partial charge in [-0.25, -0.2) is 4.99 Å². The Morgan fingerprint density at radius 3 is 2.62 bits per heavy atom. The number of nitrogens with zero attached hydrogens (tertiary/aromatic N) is 4. The second kappa shape index (κ2) is 11.8. The first-order valence-corrected chi connectivity index (χ1v) is 10.0. The van der Waals surface area contributed by atoms with Crippen molar-refractivity contribution in [2.24, 2.45) is 12.0 Å². The molecule has 2 N–H and O–H groups in total. The molecule has 7 nitrogen and oxygen atoms in total. The van der Waals surface area contributed by atoms with Crippen molar-refractivity contribution in [1.82, 2.24) is 20.4 Å². The third-order valence-corrected chi connectivity index (χ3v) is 4.78. The third-order valence-electron chi connectivity index (χ3n) is 4.78. The highest BCUT2D eigenvalue weighted by Crippen LogP contribution is 2.21. The highest BCUT2D eigenvalue weighted by Gasteiger charge is 2.21. The van der Waals surface area contributed by atoms with Gasteiger partial charge in [0.15, 0.2) is 5.96 Å². The van der Waals surface area contributed by atoms with Crippen molar-refractivity contribution in [3.8, 4) is 0 Å². The number of benzene rings is 1. The fourth-order valence-electron chi connectivity index (χ4n) is 3.31.